The van der Waals surface area contributed by atoms with Crippen molar-refractivity contribution in [3.8, 4) is 0 Å². The van der Waals surface area contributed by atoms with E-state index in [9.17, 15) is 4.79 Å². The average molecular weight is 354 g/mol. The number of amides is 1. The van der Waals surface area contributed by atoms with Crippen LogP contribution >= 0.6 is 39.9 Å². The summed E-state index contributed by atoms with van der Waals surface area (Å²) in [5.74, 6) is 0.143. The van der Waals surface area contributed by atoms with Gasteiger partial charge in [-0.15, -0.1) is 12.4 Å². The molecule has 0 radical (unpaired) electrons. The van der Waals surface area contributed by atoms with E-state index in [1.54, 1.807) is 12.1 Å². The Morgan fingerprint density at radius 1 is 1.50 bits per heavy atom. The third-order valence-electron chi connectivity index (χ3n) is 2.85. The maximum absolute atomic E-state index is 12.0. The summed E-state index contributed by atoms with van der Waals surface area (Å²) in [7, 11) is 0. The van der Waals surface area contributed by atoms with Crippen LogP contribution in [-0.4, -0.2) is 19.0 Å². The van der Waals surface area contributed by atoms with Crippen LogP contribution in [0.2, 0.25) is 5.02 Å². The van der Waals surface area contributed by atoms with Crippen molar-refractivity contribution in [2.75, 3.05) is 18.4 Å². The average Bonchev–Trinajstić information content (AvgIpc) is 2.35. The van der Waals surface area contributed by atoms with E-state index in [0.29, 0.717) is 5.02 Å². The zero-order valence-electron chi connectivity index (χ0n) is 9.71. The Kier molecular flexibility index (Phi) is 6.43. The Labute approximate surface area is 126 Å². The molecule has 1 aliphatic rings. The Morgan fingerprint density at radius 2 is 2.28 bits per heavy atom. The second kappa shape index (κ2) is 7.34. The van der Waals surface area contributed by atoms with Crippen LogP contribution < -0.4 is 10.6 Å². The standard InChI is InChI=1S/C12H14BrClN2O.ClH/c13-10-6-9(3-4-11(10)14)16-12(17)8-2-1-5-15-7-8;/h3-4,6,8,15H,1-2,5,7H2,(H,16,17);1H/t8-;/m1./s1. The third kappa shape index (κ3) is 4.12. The van der Waals surface area contributed by atoms with E-state index in [-0.39, 0.29) is 24.2 Å². The molecule has 3 nitrogen and oxygen atoms in total. The van der Waals surface area contributed by atoms with Crippen molar-refractivity contribution in [1.29, 1.82) is 0 Å². The molecule has 2 N–H and O–H groups in total. The molecule has 0 unspecified atom stereocenters. The number of halogens is 3. The first-order chi connectivity index (χ1) is 8.16. The van der Waals surface area contributed by atoms with Gasteiger partial charge in [0.05, 0.1) is 10.9 Å². The molecule has 1 fully saturated rings. The van der Waals surface area contributed by atoms with Crippen LogP contribution in [0.3, 0.4) is 0 Å². The van der Waals surface area contributed by atoms with E-state index in [4.69, 9.17) is 11.6 Å². The summed E-state index contributed by atoms with van der Waals surface area (Å²) in [5, 5.41) is 6.78. The Balaban J connectivity index is 0.00000162. The number of piperidine rings is 1. The number of carbonyl (C=O) groups excluding carboxylic acids is 1. The minimum Gasteiger partial charge on any atom is -0.326 e. The summed E-state index contributed by atoms with van der Waals surface area (Å²) in [6.07, 6.45) is 2.01. The van der Waals surface area contributed by atoms with Gasteiger partial charge in [0, 0.05) is 16.7 Å². The van der Waals surface area contributed by atoms with Gasteiger partial charge in [0.15, 0.2) is 0 Å². The van der Waals surface area contributed by atoms with Gasteiger partial charge < -0.3 is 10.6 Å². The van der Waals surface area contributed by atoms with Gasteiger partial charge in [-0.25, -0.2) is 0 Å². The smallest absolute Gasteiger partial charge is 0.228 e. The number of hydrogen-bond acceptors (Lipinski definition) is 2. The summed E-state index contributed by atoms with van der Waals surface area (Å²) in [5.41, 5.74) is 0.775. The topological polar surface area (TPSA) is 41.1 Å². The zero-order chi connectivity index (χ0) is 12.3. The van der Waals surface area contributed by atoms with Crippen molar-refractivity contribution >= 4 is 51.5 Å². The summed E-state index contributed by atoms with van der Waals surface area (Å²) in [4.78, 5) is 12.0. The van der Waals surface area contributed by atoms with Gasteiger partial charge >= 0.3 is 0 Å². The number of hydrogen-bond donors (Lipinski definition) is 2. The monoisotopic (exact) mass is 352 g/mol. The molecule has 0 bridgehead atoms. The molecular formula is C12H15BrCl2N2O. The molecular weight excluding hydrogens is 339 g/mol. The second-order valence-electron chi connectivity index (χ2n) is 4.16. The lowest BCUT2D eigenvalue weighted by Crippen LogP contribution is -2.37. The maximum Gasteiger partial charge on any atom is 0.228 e. The molecule has 1 atom stereocenters. The molecule has 0 aliphatic carbocycles. The fourth-order valence-corrected chi connectivity index (χ4v) is 2.39. The van der Waals surface area contributed by atoms with E-state index < -0.39 is 0 Å². The van der Waals surface area contributed by atoms with E-state index in [1.165, 1.54) is 0 Å². The zero-order valence-corrected chi connectivity index (χ0v) is 12.9. The van der Waals surface area contributed by atoms with Gasteiger partial charge in [-0.2, -0.15) is 0 Å². The van der Waals surface area contributed by atoms with E-state index in [2.05, 4.69) is 26.6 Å². The molecule has 1 amide bonds. The summed E-state index contributed by atoms with van der Waals surface area (Å²) >= 11 is 9.23. The SMILES string of the molecule is Cl.O=C(Nc1ccc(Cl)c(Br)c1)[C@@H]1CCCNC1. The molecule has 2 rings (SSSR count). The van der Waals surface area contributed by atoms with Crippen LogP contribution in [0, 0.1) is 5.92 Å². The quantitative estimate of drug-likeness (QED) is 0.854. The lowest BCUT2D eigenvalue weighted by Gasteiger charge is -2.21. The van der Waals surface area contributed by atoms with E-state index in [1.807, 2.05) is 6.07 Å². The number of benzene rings is 1. The first-order valence-corrected chi connectivity index (χ1v) is 6.80. The van der Waals surface area contributed by atoms with Gasteiger partial charge in [-0.3, -0.25) is 4.79 Å². The highest BCUT2D eigenvalue weighted by Crippen LogP contribution is 2.26. The number of rotatable bonds is 2. The first-order valence-electron chi connectivity index (χ1n) is 5.63. The predicted octanol–water partition coefficient (Wildman–Crippen LogP) is 3.46. The highest BCUT2D eigenvalue weighted by atomic mass is 79.9. The minimum atomic E-state index is 0. The van der Waals surface area contributed by atoms with Crippen LogP contribution in [0.5, 0.6) is 0 Å². The van der Waals surface area contributed by atoms with Crippen molar-refractivity contribution in [1.82, 2.24) is 5.32 Å². The van der Waals surface area contributed by atoms with Crippen LogP contribution in [0.4, 0.5) is 5.69 Å². The van der Waals surface area contributed by atoms with Gasteiger partial charge in [0.2, 0.25) is 5.91 Å². The fraction of sp³-hybridized carbons (Fsp3) is 0.417. The van der Waals surface area contributed by atoms with Crippen LogP contribution in [0.25, 0.3) is 0 Å². The lowest BCUT2D eigenvalue weighted by atomic mass is 9.99. The van der Waals surface area contributed by atoms with Gasteiger partial charge in [0.1, 0.15) is 0 Å². The lowest BCUT2D eigenvalue weighted by molar-refractivity contribution is -0.120. The molecule has 1 aliphatic heterocycles. The Hall–Kier alpha value is -0.290. The fourth-order valence-electron chi connectivity index (χ4n) is 1.89. The number of nitrogens with one attached hydrogen (secondary N) is 2. The molecule has 1 saturated heterocycles. The largest absolute Gasteiger partial charge is 0.326 e. The Morgan fingerprint density at radius 3 is 2.89 bits per heavy atom. The summed E-state index contributed by atoms with van der Waals surface area (Å²) < 4.78 is 0.790. The molecule has 1 aromatic rings. The molecule has 100 valence electrons. The number of anilines is 1. The van der Waals surface area contributed by atoms with E-state index >= 15 is 0 Å². The van der Waals surface area contributed by atoms with Crippen LogP contribution in [0.15, 0.2) is 22.7 Å². The minimum absolute atomic E-state index is 0. The summed E-state index contributed by atoms with van der Waals surface area (Å²) in [6, 6.07) is 5.39. The Bertz CT molecular complexity index is 423. The third-order valence-corrected chi connectivity index (χ3v) is 4.07. The van der Waals surface area contributed by atoms with Crippen molar-refractivity contribution in [2.24, 2.45) is 5.92 Å². The predicted molar refractivity (Wildman–Crippen MR) is 80.6 cm³/mol. The van der Waals surface area contributed by atoms with Gasteiger partial charge in [0.25, 0.3) is 0 Å². The van der Waals surface area contributed by atoms with Crippen LogP contribution in [0.1, 0.15) is 12.8 Å². The van der Waals surface area contributed by atoms with Gasteiger partial charge in [-0.05, 0) is 53.5 Å². The first kappa shape index (κ1) is 15.8. The maximum atomic E-state index is 12.0. The normalized spacial score (nSPS) is 18.9. The second-order valence-corrected chi connectivity index (χ2v) is 5.42. The van der Waals surface area contributed by atoms with Crippen molar-refractivity contribution < 1.29 is 4.79 Å². The molecule has 0 saturated carbocycles. The van der Waals surface area contributed by atoms with Crippen LogP contribution in [-0.2, 0) is 4.79 Å². The highest BCUT2D eigenvalue weighted by molar-refractivity contribution is 9.10. The van der Waals surface area contributed by atoms with Crippen molar-refractivity contribution in [3.63, 3.8) is 0 Å². The molecule has 0 spiro atoms. The highest BCUT2D eigenvalue weighted by Gasteiger charge is 2.20. The summed E-state index contributed by atoms with van der Waals surface area (Å²) in [6.45, 7) is 1.77. The molecule has 0 aromatic heterocycles. The van der Waals surface area contributed by atoms with Crippen molar-refractivity contribution in [3.05, 3.63) is 27.7 Å². The molecule has 6 heteroatoms. The van der Waals surface area contributed by atoms with E-state index in [0.717, 1.165) is 36.1 Å². The molecule has 1 heterocycles. The molecule has 1 aromatic carbocycles. The van der Waals surface area contributed by atoms with Gasteiger partial charge in [-0.1, -0.05) is 11.6 Å². The number of carbonyl (C=O) groups is 1. The molecule has 18 heavy (non-hydrogen) atoms. The van der Waals surface area contributed by atoms with Crippen molar-refractivity contribution in [2.45, 2.75) is 12.8 Å².